The van der Waals surface area contributed by atoms with Gasteiger partial charge in [-0.3, -0.25) is 4.98 Å². The van der Waals surface area contributed by atoms with Crippen molar-refractivity contribution in [3.05, 3.63) is 31.5 Å². The predicted molar refractivity (Wildman–Crippen MR) is 94.3 cm³/mol. The number of ether oxygens (including phenoxy) is 4. The zero-order chi connectivity index (χ0) is 19.6. The monoisotopic (exact) mass is 375 g/mol. The summed E-state index contributed by atoms with van der Waals surface area (Å²) >= 11 is 0. The van der Waals surface area contributed by atoms with Crippen molar-refractivity contribution in [2.24, 2.45) is 0 Å². The summed E-state index contributed by atoms with van der Waals surface area (Å²) < 4.78 is 23.6. The molecule has 10 heteroatoms. The Kier molecular flexibility index (Phi) is 9.49. The van der Waals surface area contributed by atoms with Crippen LogP contribution < -0.4 is 17.1 Å². The number of hydrogen-bond acceptors (Lipinski definition) is 7. The van der Waals surface area contributed by atoms with Crippen molar-refractivity contribution in [1.82, 2.24) is 14.1 Å². The fourth-order valence-corrected chi connectivity index (χ4v) is 2.56. The zero-order valence-electron chi connectivity index (χ0n) is 15.9. The van der Waals surface area contributed by atoms with Crippen molar-refractivity contribution in [2.45, 2.75) is 52.7 Å². The van der Waals surface area contributed by atoms with Crippen LogP contribution in [0.4, 0.5) is 0 Å². The van der Waals surface area contributed by atoms with Crippen LogP contribution in [0.15, 0.2) is 14.4 Å². The van der Waals surface area contributed by atoms with Crippen LogP contribution in [0.5, 0.6) is 0 Å². The van der Waals surface area contributed by atoms with E-state index in [1.807, 2.05) is 0 Å². The highest BCUT2D eigenvalue weighted by Crippen LogP contribution is 2.20. The molecule has 26 heavy (non-hydrogen) atoms. The molecule has 0 atom stereocenters. The van der Waals surface area contributed by atoms with Gasteiger partial charge in [-0.2, -0.15) is 0 Å². The van der Waals surface area contributed by atoms with Gasteiger partial charge in [-0.15, -0.1) is 0 Å². The molecule has 1 aromatic heterocycles. The molecule has 10 nitrogen and oxygen atoms in total. The molecule has 1 rings (SSSR count). The molecule has 0 aliphatic heterocycles. The molecule has 1 heterocycles. The number of aromatic nitrogens is 3. The highest BCUT2D eigenvalue weighted by Gasteiger charge is 2.32. The molecular weight excluding hydrogens is 346 g/mol. The lowest BCUT2D eigenvalue weighted by atomic mass is 10.3. The van der Waals surface area contributed by atoms with Gasteiger partial charge in [0.15, 0.2) is 0 Å². The molecule has 150 valence electrons. The second-order valence-corrected chi connectivity index (χ2v) is 5.40. The van der Waals surface area contributed by atoms with E-state index >= 15 is 0 Å². The van der Waals surface area contributed by atoms with Crippen molar-refractivity contribution in [3.63, 3.8) is 0 Å². The molecule has 0 fully saturated rings. The smallest absolute Gasteiger partial charge is 0.336 e. The van der Waals surface area contributed by atoms with Crippen LogP contribution in [0.1, 0.15) is 33.6 Å². The summed E-state index contributed by atoms with van der Waals surface area (Å²) in [5.74, 6) is -1.35. The van der Waals surface area contributed by atoms with Gasteiger partial charge in [-0.25, -0.2) is 23.5 Å². The summed E-state index contributed by atoms with van der Waals surface area (Å²) in [6.07, 6.45) is 0.584. The third-order valence-corrected chi connectivity index (χ3v) is 3.63. The number of rotatable bonds is 13. The summed E-state index contributed by atoms with van der Waals surface area (Å²) in [6, 6.07) is 0. The van der Waals surface area contributed by atoms with Gasteiger partial charge in [0, 0.05) is 53.0 Å². The maximum absolute atomic E-state index is 12.5. The predicted octanol–water partition coefficient (Wildman–Crippen LogP) is -0.112. The first-order chi connectivity index (χ1) is 12.4. The molecule has 1 aromatic rings. The van der Waals surface area contributed by atoms with Crippen molar-refractivity contribution in [2.75, 3.05) is 33.5 Å². The first kappa shape index (κ1) is 22.3. The minimum atomic E-state index is -1.35. The molecule has 1 N–H and O–H groups in total. The third kappa shape index (κ3) is 5.90. The summed E-state index contributed by atoms with van der Waals surface area (Å²) in [5.41, 5.74) is -2.20. The van der Waals surface area contributed by atoms with Crippen LogP contribution in [0.3, 0.4) is 0 Å². The summed E-state index contributed by atoms with van der Waals surface area (Å²) in [7, 11) is 1.53. The maximum atomic E-state index is 12.5. The fourth-order valence-electron chi connectivity index (χ4n) is 2.56. The average Bonchev–Trinajstić information content (AvgIpc) is 2.58. The molecule has 0 bridgehead atoms. The van der Waals surface area contributed by atoms with Gasteiger partial charge < -0.3 is 18.9 Å². The van der Waals surface area contributed by atoms with E-state index in [0.717, 1.165) is 9.13 Å². The summed E-state index contributed by atoms with van der Waals surface area (Å²) in [6.45, 7) is 6.90. The number of hydrogen-bond donors (Lipinski definition) is 1. The van der Waals surface area contributed by atoms with Crippen LogP contribution in [0, 0.1) is 0 Å². The molecule has 0 saturated heterocycles. The van der Waals surface area contributed by atoms with E-state index < -0.39 is 23.0 Å². The number of methoxy groups -OCH3 is 1. The lowest BCUT2D eigenvalue weighted by Crippen LogP contribution is -2.51. The van der Waals surface area contributed by atoms with E-state index in [4.69, 9.17) is 18.9 Å². The maximum Gasteiger partial charge on any atom is 0.336 e. The Labute approximate surface area is 151 Å². The SMILES string of the molecule is CCOC(CCn1c(=O)[nH]c(=O)n(CCCOC)c1=O)(OCC)OCC. The molecule has 0 spiro atoms. The normalized spacial score (nSPS) is 11.8. The van der Waals surface area contributed by atoms with Crippen LogP contribution in [0.25, 0.3) is 0 Å². The molecule has 0 aromatic carbocycles. The Morgan fingerprint density at radius 3 is 1.85 bits per heavy atom. The number of nitrogens with zero attached hydrogens (tertiary/aromatic N) is 2. The van der Waals surface area contributed by atoms with Gasteiger partial charge in [0.25, 0.3) is 5.97 Å². The van der Waals surface area contributed by atoms with Crippen LogP contribution in [-0.2, 0) is 32.0 Å². The van der Waals surface area contributed by atoms with E-state index in [2.05, 4.69) is 4.98 Å². The Morgan fingerprint density at radius 1 is 0.885 bits per heavy atom. The lowest BCUT2D eigenvalue weighted by molar-refractivity contribution is -0.380. The fraction of sp³-hybridized carbons (Fsp3) is 0.812. The van der Waals surface area contributed by atoms with Gasteiger partial charge in [0.05, 0.1) is 0 Å². The summed E-state index contributed by atoms with van der Waals surface area (Å²) in [4.78, 5) is 38.7. The van der Waals surface area contributed by atoms with Crippen LogP contribution in [0.2, 0.25) is 0 Å². The van der Waals surface area contributed by atoms with Crippen molar-refractivity contribution < 1.29 is 18.9 Å². The van der Waals surface area contributed by atoms with E-state index in [-0.39, 0.29) is 19.5 Å². The Balaban J connectivity index is 3.10. The van der Waals surface area contributed by atoms with Crippen molar-refractivity contribution in [1.29, 1.82) is 0 Å². The van der Waals surface area contributed by atoms with Crippen molar-refractivity contribution >= 4 is 0 Å². The molecule has 0 amide bonds. The van der Waals surface area contributed by atoms with E-state index in [1.165, 1.54) is 7.11 Å². The summed E-state index contributed by atoms with van der Waals surface area (Å²) in [5, 5.41) is 0. The van der Waals surface area contributed by atoms with Gasteiger partial charge in [0.2, 0.25) is 0 Å². The standard InChI is InChI=1S/C16H29N3O7/c1-5-24-16(25-6-2,26-7-3)9-11-19-14(21)17-13(20)18(15(19)22)10-8-12-23-4/h5-12H2,1-4H3,(H,17,20,21). The van der Waals surface area contributed by atoms with Crippen LogP contribution in [-0.4, -0.2) is 53.6 Å². The van der Waals surface area contributed by atoms with Gasteiger partial charge in [-0.1, -0.05) is 0 Å². The number of nitrogens with one attached hydrogen (secondary N) is 1. The molecule has 0 aliphatic carbocycles. The first-order valence-corrected chi connectivity index (χ1v) is 8.79. The second-order valence-electron chi connectivity index (χ2n) is 5.40. The van der Waals surface area contributed by atoms with Gasteiger partial charge in [-0.05, 0) is 27.2 Å². The minimum Gasteiger partial charge on any atom is -0.385 e. The topological polar surface area (TPSA) is 114 Å². The van der Waals surface area contributed by atoms with E-state index in [1.54, 1.807) is 20.8 Å². The van der Waals surface area contributed by atoms with Gasteiger partial charge >= 0.3 is 17.1 Å². The Morgan fingerprint density at radius 2 is 1.38 bits per heavy atom. The highest BCUT2D eigenvalue weighted by atomic mass is 16.9. The third-order valence-electron chi connectivity index (χ3n) is 3.63. The lowest BCUT2D eigenvalue weighted by Gasteiger charge is -2.32. The molecule has 0 saturated carbocycles. The van der Waals surface area contributed by atoms with E-state index in [9.17, 15) is 14.4 Å². The molecule has 0 unspecified atom stereocenters. The number of aromatic amines is 1. The molecular formula is C16H29N3O7. The Bertz CT molecular complexity index is 690. The quantitative estimate of drug-likeness (QED) is 0.378. The number of H-pyrrole nitrogens is 1. The highest BCUT2D eigenvalue weighted by molar-refractivity contribution is 4.75. The first-order valence-electron chi connectivity index (χ1n) is 8.79. The minimum absolute atomic E-state index is 0.0290. The van der Waals surface area contributed by atoms with Crippen molar-refractivity contribution in [3.8, 4) is 0 Å². The van der Waals surface area contributed by atoms with E-state index in [0.29, 0.717) is 32.8 Å². The molecule has 0 aliphatic rings. The Hall–Kier alpha value is -1.75. The second kappa shape index (κ2) is 11.1. The molecule has 0 radical (unpaired) electrons. The largest absolute Gasteiger partial charge is 0.385 e. The average molecular weight is 375 g/mol. The zero-order valence-corrected chi connectivity index (χ0v) is 15.9. The van der Waals surface area contributed by atoms with Crippen LogP contribution >= 0.6 is 0 Å². The van der Waals surface area contributed by atoms with Gasteiger partial charge in [0.1, 0.15) is 0 Å².